The molecule has 2 heterocycles. The molecule has 0 amide bonds. The van der Waals surface area contributed by atoms with Crippen molar-refractivity contribution >= 4 is 11.5 Å². The average molecular weight is 306 g/mol. The maximum Gasteiger partial charge on any atom is 0.337 e. The number of fused-ring (bicyclic) bond motifs is 1. The number of hydrogen-bond donors (Lipinski definition) is 1. The Morgan fingerprint density at radius 2 is 2.00 bits per heavy atom. The number of ether oxygens (including phenoxy) is 1. The first kappa shape index (κ1) is 14.8. The van der Waals surface area contributed by atoms with E-state index in [1.807, 2.05) is 22.7 Å². The lowest BCUT2D eigenvalue weighted by Crippen LogP contribution is -2.00. The molecule has 0 radical (unpaired) electrons. The molecule has 0 saturated carbocycles. The van der Waals surface area contributed by atoms with E-state index < -0.39 is 0 Å². The number of aromatic nitrogens is 1. The maximum atomic E-state index is 11.5. The first-order valence-corrected chi connectivity index (χ1v) is 7.01. The molecular weight excluding hydrogens is 292 g/mol. The minimum Gasteiger partial charge on any atom is -0.465 e. The monoisotopic (exact) mass is 306 g/mol. The molecule has 3 aromatic rings. The van der Waals surface area contributed by atoms with Gasteiger partial charge in [0.2, 0.25) is 0 Å². The van der Waals surface area contributed by atoms with Crippen LogP contribution in [0.25, 0.3) is 16.8 Å². The van der Waals surface area contributed by atoms with Crippen LogP contribution in [0, 0.1) is 11.3 Å². The zero-order chi connectivity index (χ0) is 16.4. The molecule has 0 saturated heterocycles. The number of pyridine rings is 1. The standard InChI is InChI=1S/C18H14N2O3/c1-23-18(22)14-4-2-13(3-5-14)17-9-15(10-19)16-8-12(11-21)6-7-20(16)17/h2-9,21H,11H2,1H3. The van der Waals surface area contributed by atoms with Gasteiger partial charge in [0.15, 0.2) is 0 Å². The van der Waals surface area contributed by atoms with Crippen molar-refractivity contribution in [1.29, 1.82) is 5.26 Å². The number of methoxy groups -OCH3 is 1. The van der Waals surface area contributed by atoms with Gasteiger partial charge in [-0.2, -0.15) is 5.26 Å². The zero-order valence-electron chi connectivity index (χ0n) is 12.5. The molecule has 0 bridgehead atoms. The number of aliphatic hydroxyl groups is 1. The summed E-state index contributed by atoms with van der Waals surface area (Å²) in [6, 6.07) is 14.6. The predicted molar refractivity (Wildman–Crippen MR) is 84.8 cm³/mol. The van der Waals surface area contributed by atoms with Crippen molar-refractivity contribution < 1.29 is 14.6 Å². The fourth-order valence-corrected chi connectivity index (χ4v) is 2.55. The molecule has 0 spiro atoms. The summed E-state index contributed by atoms with van der Waals surface area (Å²) < 4.78 is 6.58. The molecule has 0 aliphatic carbocycles. The Labute approximate surface area is 133 Å². The van der Waals surface area contributed by atoms with Gasteiger partial charge in [0.05, 0.1) is 36.1 Å². The molecule has 114 valence electrons. The first-order valence-electron chi connectivity index (χ1n) is 7.01. The van der Waals surface area contributed by atoms with Gasteiger partial charge in [-0.1, -0.05) is 12.1 Å². The van der Waals surface area contributed by atoms with Crippen LogP contribution in [-0.2, 0) is 11.3 Å². The minimum atomic E-state index is -0.387. The molecule has 1 N–H and O–H groups in total. The first-order chi connectivity index (χ1) is 11.2. The summed E-state index contributed by atoms with van der Waals surface area (Å²) >= 11 is 0. The van der Waals surface area contributed by atoms with Gasteiger partial charge >= 0.3 is 5.97 Å². The van der Waals surface area contributed by atoms with Gasteiger partial charge in [-0.05, 0) is 41.5 Å². The molecule has 2 aromatic heterocycles. The molecule has 0 atom stereocenters. The summed E-state index contributed by atoms with van der Waals surface area (Å²) in [6.45, 7) is -0.0737. The summed E-state index contributed by atoms with van der Waals surface area (Å²) in [7, 11) is 1.34. The van der Waals surface area contributed by atoms with Crippen LogP contribution in [0.15, 0.2) is 48.7 Å². The largest absolute Gasteiger partial charge is 0.465 e. The number of hydrogen-bond acceptors (Lipinski definition) is 4. The fourth-order valence-electron chi connectivity index (χ4n) is 2.55. The summed E-state index contributed by atoms with van der Waals surface area (Å²) in [6.07, 6.45) is 1.82. The Kier molecular flexibility index (Phi) is 3.83. The third-order valence-electron chi connectivity index (χ3n) is 3.74. The van der Waals surface area contributed by atoms with E-state index in [1.54, 1.807) is 30.3 Å². The molecule has 5 heteroatoms. The highest BCUT2D eigenvalue weighted by Crippen LogP contribution is 2.27. The number of aliphatic hydroxyl groups excluding tert-OH is 1. The number of carbonyl (C=O) groups excluding carboxylic acids is 1. The quantitative estimate of drug-likeness (QED) is 0.755. The van der Waals surface area contributed by atoms with Gasteiger partial charge in [-0.3, -0.25) is 0 Å². The van der Waals surface area contributed by atoms with Crippen LogP contribution in [0.5, 0.6) is 0 Å². The fraction of sp³-hybridized carbons (Fsp3) is 0.111. The van der Waals surface area contributed by atoms with Crippen LogP contribution in [0.4, 0.5) is 0 Å². The topological polar surface area (TPSA) is 74.7 Å². The van der Waals surface area contributed by atoms with E-state index in [0.717, 1.165) is 22.3 Å². The van der Waals surface area contributed by atoms with Crippen molar-refractivity contribution in [2.24, 2.45) is 0 Å². The van der Waals surface area contributed by atoms with E-state index in [1.165, 1.54) is 7.11 Å². The molecule has 23 heavy (non-hydrogen) atoms. The lowest BCUT2D eigenvalue weighted by molar-refractivity contribution is 0.0601. The maximum absolute atomic E-state index is 11.5. The molecule has 0 fully saturated rings. The van der Waals surface area contributed by atoms with Crippen molar-refractivity contribution in [1.82, 2.24) is 4.40 Å². The Balaban J connectivity index is 2.13. The molecule has 3 rings (SSSR count). The Morgan fingerprint density at radius 1 is 1.26 bits per heavy atom. The Bertz CT molecular complexity index is 918. The van der Waals surface area contributed by atoms with E-state index in [2.05, 4.69) is 10.8 Å². The summed E-state index contributed by atoms with van der Waals surface area (Å²) in [4.78, 5) is 11.5. The third kappa shape index (κ3) is 2.56. The normalized spacial score (nSPS) is 10.5. The Hall–Kier alpha value is -3.10. The van der Waals surface area contributed by atoms with Gasteiger partial charge in [0.1, 0.15) is 6.07 Å². The lowest BCUT2D eigenvalue weighted by atomic mass is 10.1. The average Bonchev–Trinajstić information content (AvgIpc) is 2.99. The molecule has 0 unspecified atom stereocenters. The molecule has 0 aliphatic rings. The lowest BCUT2D eigenvalue weighted by Gasteiger charge is -2.05. The molecule has 0 aliphatic heterocycles. The highest BCUT2D eigenvalue weighted by atomic mass is 16.5. The molecule has 5 nitrogen and oxygen atoms in total. The van der Waals surface area contributed by atoms with E-state index in [0.29, 0.717) is 11.1 Å². The van der Waals surface area contributed by atoms with Crippen LogP contribution >= 0.6 is 0 Å². The number of esters is 1. The van der Waals surface area contributed by atoms with E-state index in [9.17, 15) is 15.2 Å². The van der Waals surface area contributed by atoms with Gasteiger partial charge in [-0.15, -0.1) is 0 Å². The second-order valence-corrected chi connectivity index (χ2v) is 5.07. The highest BCUT2D eigenvalue weighted by molar-refractivity contribution is 5.90. The highest BCUT2D eigenvalue weighted by Gasteiger charge is 2.12. The molecule has 1 aromatic carbocycles. The second-order valence-electron chi connectivity index (χ2n) is 5.07. The number of rotatable bonds is 3. The summed E-state index contributed by atoms with van der Waals surface area (Å²) in [5, 5.41) is 18.6. The Morgan fingerprint density at radius 3 is 2.61 bits per heavy atom. The zero-order valence-corrected chi connectivity index (χ0v) is 12.5. The van der Waals surface area contributed by atoms with Gasteiger partial charge in [0, 0.05) is 6.20 Å². The van der Waals surface area contributed by atoms with Crippen LogP contribution in [0.2, 0.25) is 0 Å². The number of nitrogens with zero attached hydrogens (tertiary/aromatic N) is 2. The van der Waals surface area contributed by atoms with Crippen molar-refractivity contribution in [3.05, 3.63) is 65.4 Å². The number of carbonyl (C=O) groups is 1. The molecular formula is C18H14N2O3. The van der Waals surface area contributed by atoms with Crippen LogP contribution in [0.3, 0.4) is 0 Å². The minimum absolute atomic E-state index is 0.0737. The van der Waals surface area contributed by atoms with Crippen LogP contribution in [-0.4, -0.2) is 22.6 Å². The summed E-state index contributed by atoms with van der Waals surface area (Å²) in [5.41, 5.74) is 4.22. The van der Waals surface area contributed by atoms with Gasteiger partial charge in [-0.25, -0.2) is 4.79 Å². The number of nitriles is 1. The van der Waals surface area contributed by atoms with E-state index in [-0.39, 0.29) is 12.6 Å². The van der Waals surface area contributed by atoms with Gasteiger partial charge in [0.25, 0.3) is 0 Å². The van der Waals surface area contributed by atoms with Crippen LogP contribution in [0.1, 0.15) is 21.5 Å². The smallest absolute Gasteiger partial charge is 0.337 e. The summed E-state index contributed by atoms with van der Waals surface area (Å²) in [5.74, 6) is -0.387. The van der Waals surface area contributed by atoms with E-state index in [4.69, 9.17) is 0 Å². The van der Waals surface area contributed by atoms with Crippen molar-refractivity contribution in [3.8, 4) is 17.3 Å². The predicted octanol–water partition coefficient (Wildman–Crippen LogP) is 2.76. The van der Waals surface area contributed by atoms with Crippen molar-refractivity contribution in [2.45, 2.75) is 6.61 Å². The van der Waals surface area contributed by atoms with Gasteiger partial charge < -0.3 is 14.2 Å². The van der Waals surface area contributed by atoms with E-state index >= 15 is 0 Å². The van der Waals surface area contributed by atoms with Crippen LogP contribution < -0.4 is 0 Å². The van der Waals surface area contributed by atoms with Crippen molar-refractivity contribution in [2.75, 3.05) is 7.11 Å². The SMILES string of the molecule is COC(=O)c1ccc(-c2cc(C#N)c3cc(CO)ccn23)cc1. The number of benzene rings is 1. The van der Waals surface area contributed by atoms with Crippen molar-refractivity contribution in [3.63, 3.8) is 0 Å². The third-order valence-corrected chi connectivity index (χ3v) is 3.74. The second kappa shape index (κ2) is 5.95.